The first-order chi connectivity index (χ1) is 14.8. The molecule has 2 fully saturated rings. The summed E-state index contributed by atoms with van der Waals surface area (Å²) >= 11 is 0. The second kappa shape index (κ2) is 12.2. The number of nitrogens with zero attached hydrogens (tertiary/aromatic N) is 6. The van der Waals surface area contributed by atoms with Crippen molar-refractivity contribution in [1.82, 2.24) is 25.3 Å². The summed E-state index contributed by atoms with van der Waals surface area (Å²) in [5.74, 6) is 2.06. The molecule has 170 valence electrons. The molecule has 2 aliphatic rings. The first-order valence-corrected chi connectivity index (χ1v) is 11.1. The van der Waals surface area contributed by atoms with Gasteiger partial charge < -0.3 is 19.6 Å². The SMILES string of the molecule is CN=C(NCc1ccc(N2CCCCCC2)nc1)N1CCN(Cc2ccon2)CC1.I. The summed E-state index contributed by atoms with van der Waals surface area (Å²) in [7, 11) is 1.85. The second-order valence-corrected chi connectivity index (χ2v) is 8.08. The van der Waals surface area contributed by atoms with E-state index in [4.69, 9.17) is 9.51 Å². The normalized spacial score (nSPS) is 18.4. The maximum Gasteiger partial charge on any atom is 0.194 e. The number of hydrogen-bond donors (Lipinski definition) is 1. The Labute approximate surface area is 202 Å². The van der Waals surface area contributed by atoms with Crippen molar-refractivity contribution in [3.05, 3.63) is 41.9 Å². The quantitative estimate of drug-likeness (QED) is 0.356. The molecule has 2 saturated heterocycles. The van der Waals surface area contributed by atoms with Crippen LogP contribution in [-0.2, 0) is 13.1 Å². The van der Waals surface area contributed by atoms with Crippen LogP contribution in [0, 0.1) is 0 Å². The molecule has 0 amide bonds. The maximum absolute atomic E-state index is 4.93. The first kappa shape index (κ1) is 23.8. The fraction of sp³-hybridized carbons (Fsp3) is 0.591. The summed E-state index contributed by atoms with van der Waals surface area (Å²) in [6.07, 6.45) is 8.85. The Morgan fingerprint density at radius 3 is 2.42 bits per heavy atom. The van der Waals surface area contributed by atoms with Crippen LogP contribution >= 0.6 is 24.0 Å². The number of aliphatic imine (C=N–C) groups is 1. The van der Waals surface area contributed by atoms with E-state index in [0.29, 0.717) is 0 Å². The van der Waals surface area contributed by atoms with Gasteiger partial charge in [0.15, 0.2) is 5.96 Å². The molecule has 0 aliphatic carbocycles. The average Bonchev–Trinajstić information content (AvgIpc) is 3.15. The van der Waals surface area contributed by atoms with Crippen molar-refractivity contribution in [2.45, 2.75) is 38.8 Å². The molecule has 4 heterocycles. The minimum Gasteiger partial charge on any atom is -0.364 e. The number of nitrogens with one attached hydrogen (secondary N) is 1. The Balaban J connectivity index is 0.00000272. The second-order valence-electron chi connectivity index (χ2n) is 8.08. The van der Waals surface area contributed by atoms with Crippen LogP contribution in [0.2, 0.25) is 0 Å². The lowest BCUT2D eigenvalue weighted by atomic mass is 10.2. The number of guanidine groups is 1. The predicted octanol–water partition coefficient (Wildman–Crippen LogP) is 2.96. The molecule has 1 N–H and O–H groups in total. The maximum atomic E-state index is 4.93. The van der Waals surface area contributed by atoms with Gasteiger partial charge in [-0.1, -0.05) is 24.1 Å². The van der Waals surface area contributed by atoms with Gasteiger partial charge in [0.25, 0.3) is 0 Å². The highest BCUT2D eigenvalue weighted by Gasteiger charge is 2.20. The summed E-state index contributed by atoms with van der Waals surface area (Å²) in [6.45, 7) is 7.69. The zero-order chi connectivity index (χ0) is 20.6. The number of rotatable bonds is 5. The number of aromatic nitrogens is 2. The number of halogens is 1. The van der Waals surface area contributed by atoms with E-state index < -0.39 is 0 Å². The highest BCUT2D eigenvalue weighted by atomic mass is 127. The van der Waals surface area contributed by atoms with E-state index in [1.165, 1.54) is 31.2 Å². The minimum atomic E-state index is 0. The average molecular weight is 539 g/mol. The van der Waals surface area contributed by atoms with Crippen molar-refractivity contribution in [3.8, 4) is 0 Å². The van der Waals surface area contributed by atoms with Gasteiger partial charge in [-0.2, -0.15) is 0 Å². The molecule has 8 nitrogen and oxygen atoms in total. The van der Waals surface area contributed by atoms with Crippen LogP contribution in [-0.4, -0.2) is 72.2 Å². The van der Waals surface area contributed by atoms with E-state index in [9.17, 15) is 0 Å². The molecule has 0 bridgehead atoms. The summed E-state index contributed by atoms with van der Waals surface area (Å²) in [5.41, 5.74) is 2.17. The standard InChI is InChI=1S/C22H33N7O.HI/c1-23-22(29-13-11-27(12-14-29)18-20-8-15-30-26-20)25-17-19-6-7-21(24-16-19)28-9-4-2-3-5-10-28;/h6-8,15-16H,2-5,9-14,17-18H2,1H3,(H,23,25);1H. The van der Waals surface area contributed by atoms with E-state index in [-0.39, 0.29) is 24.0 Å². The zero-order valence-corrected chi connectivity index (χ0v) is 20.7. The molecular weight excluding hydrogens is 505 g/mol. The fourth-order valence-corrected chi connectivity index (χ4v) is 4.19. The summed E-state index contributed by atoms with van der Waals surface area (Å²) in [4.78, 5) is 16.3. The van der Waals surface area contributed by atoms with Crippen LogP contribution in [0.1, 0.15) is 36.9 Å². The van der Waals surface area contributed by atoms with Gasteiger partial charge in [-0.15, -0.1) is 24.0 Å². The van der Waals surface area contributed by atoms with Crippen LogP contribution in [0.3, 0.4) is 0 Å². The van der Waals surface area contributed by atoms with Crippen molar-refractivity contribution in [1.29, 1.82) is 0 Å². The van der Waals surface area contributed by atoms with Gasteiger partial charge in [0.05, 0.1) is 5.69 Å². The van der Waals surface area contributed by atoms with Gasteiger partial charge in [0.2, 0.25) is 0 Å². The molecule has 0 atom stereocenters. The first-order valence-electron chi connectivity index (χ1n) is 11.1. The molecule has 2 aromatic rings. The van der Waals surface area contributed by atoms with Crippen LogP contribution in [0.15, 0.2) is 40.2 Å². The third-order valence-corrected chi connectivity index (χ3v) is 5.95. The van der Waals surface area contributed by atoms with Gasteiger partial charge in [-0.05, 0) is 24.5 Å². The van der Waals surface area contributed by atoms with E-state index in [2.05, 4.69) is 42.3 Å². The monoisotopic (exact) mass is 539 g/mol. The van der Waals surface area contributed by atoms with Crippen molar-refractivity contribution in [2.24, 2.45) is 4.99 Å². The highest BCUT2D eigenvalue weighted by molar-refractivity contribution is 14.0. The van der Waals surface area contributed by atoms with Crippen LogP contribution in [0.25, 0.3) is 0 Å². The predicted molar refractivity (Wildman–Crippen MR) is 134 cm³/mol. The van der Waals surface area contributed by atoms with E-state index >= 15 is 0 Å². The largest absolute Gasteiger partial charge is 0.364 e. The van der Waals surface area contributed by atoms with Crippen molar-refractivity contribution in [2.75, 3.05) is 51.2 Å². The van der Waals surface area contributed by atoms with Crippen molar-refractivity contribution in [3.63, 3.8) is 0 Å². The van der Waals surface area contributed by atoms with Gasteiger partial charge in [0, 0.05) is 71.7 Å². The topological polar surface area (TPSA) is 73.0 Å². The molecule has 4 rings (SSSR count). The molecule has 2 aliphatic heterocycles. The summed E-state index contributed by atoms with van der Waals surface area (Å²) in [6, 6.07) is 6.27. The van der Waals surface area contributed by atoms with Crippen LogP contribution in [0.4, 0.5) is 5.82 Å². The molecule has 31 heavy (non-hydrogen) atoms. The van der Waals surface area contributed by atoms with Crippen LogP contribution < -0.4 is 10.2 Å². The molecular formula is C22H34IN7O. The Hall–Kier alpha value is -1.88. The number of hydrogen-bond acceptors (Lipinski definition) is 6. The number of piperazine rings is 1. The zero-order valence-electron chi connectivity index (χ0n) is 18.4. The minimum absolute atomic E-state index is 0. The Kier molecular flexibility index (Phi) is 9.38. The molecule has 0 spiro atoms. The van der Waals surface area contributed by atoms with Crippen molar-refractivity contribution >= 4 is 35.8 Å². The van der Waals surface area contributed by atoms with E-state index in [0.717, 1.165) is 69.8 Å². The fourth-order valence-electron chi connectivity index (χ4n) is 4.19. The Bertz CT molecular complexity index is 781. The van der Waals surface area contributed by atoms with Gasteiger partial charge in [0.1, 0.15) is 12.1 Å². The Morgan fingerprint density at radius 2 is 1.81 bits per heavy atom. The number of pyridine rings is 1. The lowest BCUT2D eigenvalue weighted by Crippen LogP contribution is -2.52. The molecule has 0 saturated carbocycles. The third kappa shape index (κ3) is 6.80. The number of anilines is 1. The molecule has 0 aromatic carbocycles. The van der Waals surface area contributed by atoms with Gasteiger partial charge in [-0.3, -0.25) is 9.89 Å². The summed E-state index contributed by atoms with van der Waals surface area (Å²) in [5, 5.41) is 7.51. The summed E-state index contributed by atoms with van der Waals surface area (Å²) < 4.78 is 4.93. The highest BCUT2D eigenvalue weighted by Crippen LogP contribution is 2.17. The lowest BCUT2D eigenvalue weighted by Gasteiger charge is -2.36. The van der Waals surface area contributed by atoms with Crippen LogP contribution in [0.5, 0.6) is 0 Å². The van der Waals surface area contributed by atoms with Crippen molar-refractivity contribution < 1.29 is 4.52 Å². The van der Waals surface area contributed by atoms with Gasteiger partial charge in [-0.25, -0.2) is 4.98 Å². The molecule has 9 heteroatoms. The Morgan fingerprint density at radius 1 is 1.03 bits per heavy atom. The molecule has 0 unspecified atom stereocenters. The smallest absolute Gasteiger partial charge is 0.194 e. The third-order valence-electron chi connectivity index (χ3n) is 5.95. The molecule has 2 aromatic heterocycles. The van der Waals surface area contributed by atoms with E-state index in [1.807, 2.05) is 19.3 Å². The molecule has 0 radical (unpaired) electrons. The van der Waals surface area contributed by atoms with E-state index in [1.54, 1.807) is 6.26 Å². The lowest BCUT2D eigenvalue weighted by molar-refractivity contribution is 0.169. The van der Waals surface area contributed by atoms with Gasteiger partial charge >= 0.3 is 0 Å².